The van der Waals surface area contributed by atoms with Crippen molar-refractivity contribution in [2.45, 2.75) is 12.1 Å². The van der Waals surface area contributed by atoms with E-state index < -0.39 is 12.1 Å². The zero-order valence-electron chi connectivity index (χ0n) is 8.55. The van der Waals surface area contributed by atoms with Crippen LogP contribution in [-0.4, -0.2) is 35.7 Å². The Balaban J connectivity index is 2.16. The average molecular weight is 206 g/mol. The van der Waals surface area contributed by atoms with E-state index >= 15 is 0 Å². The fourth-order valence-electron chi connectivity index (χ4n) is 1.73. The fourth-order valence-corrected chi connectivity index (χ4v) is 1.73. The van der Waals surface area contributed by atoms with Gasteiger partial charge in [-0.2, -0.15) is 0 Å². The number of hydrogen-bond donors (Lipinski definition) is 2. The Labute approximate surface area is 88.5 Å². The van der Waals surface area contributed by atoms with Gasteiger partial charge >= 0.3 is 0 Å². The molecule has 2 rings (SSSR count). The van der Waals surface area contributed by atoms with Crippen LogP contribution in [0.4, 0.5) is 0 Å². The summed E-state index contributed by atoms with van der Waals surface area (Å²) < 4.78 is 0. The molecule has 0 aliphatic carbocycles. The number of amides is 1. The van der Waals surface area contributed by atoms with Crippen LogP contribution in [-0.2, 0) is 4.79 Å². The van der Waals surface area contributed by atoms with Gasteiger partial charge in [-0.15, -0.1) is 0 Å². The molecule has 1 fully saturated rings. The van der Waals surface area contributed by atoms with Gasteiger partial charge in [0.05, 0.1) is 6.67 Å². The molecule has 0 saturated carbocycles. The number of nitrogens with zero attached hydrogens (tertiary/aromatic N) is 1. The van der Waals surface area contributed by atoms with E-state index in [0.29, 0.717) is 6.67 Å². The van der Waals surface area contributed by atoms with E-state index in [1.165, 1.54) is 0 Å². The van der Waals surface area contributed by atoms with Crippen molar-refractivity contribution < 1.29 is 9.90 Å². The Morgan fingerprint density at radius 2 is 2.13 bits per heavy atom. The Bertz CT molecular complexity index is 353. The molecule has 0 radical (unpaired) electrons. The van der Waals surface area contributed by atoms with Crippen LogP contribution in [0.3, 0.4) is 0 Å². The van der Waals surface area contributed by atoms with Gasteiger partial charge in [0, 0.05) is 7.05 Å². The maximum atomic E-state index is 11.6. The summed E-state index contributed by atoms with van der Waals surface area (Å²) in [6, 6.07) is 8.70. The van der Waals surface area contributed by atoms with Gasteiger partial charge in [-0.25, -0.2) is 0 Å². The number of rotatable bonds is 2. The third-order valence-electron chi connectivity index (χ3n) is 2.65. The molecule has 0 unspecified atom stereocenters. The Kier molecular flexibility index (Phi) is 2.70. The van der Waals surface area contributed by atoms with Crippen LogP contribution < -0.4 is 5.32 Å². The minimum Gasteiger partial charge on any atom is -0.386 e. The van der Waals surface area contributed by atoms with E-state index in [0.717, 1.165) is 5.56 Å². The summed E-state index contributed by atoms with van der Waals surface area (Å²) >= 11 is 0. The van der Waals surface area contributed by atoms with Gasteiger partial charge in [-0.1, -0.05) is 30.3 Å². The van der Waals surface area contributed by atoms with Crippen molar-refractivity contribution in [1.82, 2.24) is 10.2 Å². The van der Waals surface area contributed by atoms with Crippen molar-refractivity contribution >= 4 is 5.91 Å². The molecule has 4 nitrogen and oxygen atoms in total. The topological polar surface area (TPSA) is 52.6 Å². The van der Waals surface area contributed by atoms with Gasteiger partial charge < -0.3 is 10.0 Å². The zero-order chi connectivity index (χ0) is 10.8. The van der Waals surface area contributed by atoms with Crippen LogP contribution in [0.15, 0.2) is 30.3 Å². The van der Waals surface area contributed by atoms with E-state index in [1.54, 1.807) is 11.9 Å². The smallest absolute Gasteiger partial charge is 0.243 e. The van der Waals surface area contributed by atoms with Crippen LogP contribution >= 0.6 is 0 Å². The van der Waals surface area contributed by atoms with Crippen molar-refractivity contribution in [3.05, 3.63) is 35.9 Å². The van der Waals surface area contributed by atoms with Crippen molar-refractivity contribution in [3.8, 4) is 0 Å². The molecular formula is C11H14N2O2. The van der Waals surface area contributed by atoms with Gasteiger partial charge in [0.2, 0.25) is 5.91 Å². The van der Waals surface area contributed by atoms with E-state index in [9.17, 15) is 9.90 Å². The second-order valence-corrected chi connectivity index (χ2v) is 3.73. The van der Waals surface area contributed by atoms with E-state index in [4.69, 9.17) is 0 Å². The van der Waals surface area contributed by atoms with Gasteiger partial charge in [0.15, 0.2) is 0 Å². The van der Waals surface area contributed by atoms with E-state index in [2.05, 4.69) is 5.32 Å². The molecule has 80 valence electrons. The highest BCUT2D eigenvalue weighted by molar-refractivity contribution is 5.84. The predicted molar refractivity (Wildman–Crippen MR) is 56.0 cm³/mol. The van der Waals surface area contributed by atoms with Gasteiger partial charge in [-0.05, 0) is 5.56 Å². The molecular weight excluding hydrogens is 192 g/mol. The zero-order valence-corrected chi connectivity index (χ0v) is 8.55. The summed E-state index contributed by atoms with van der Waals surface area (Å²) in [5.41, 5.74) is 0.763. The lowest BCUT2D eigenvalue weighted by atomic mass is 10.0. The Hall–Kier alpha value is -1.39. The minimum atomic E-state index is -0.774. The summed E-state index contributed by atoms with van der Waals surface area (Å²) in [4.78, 5) is 13.2. The number of carbonyl (C=O) groups excluding carboxylic acids is 1. The maximum absolute atomic E-state index is 11.6. The first-order valence-corrected chi connectivity index (χ1v) is 4.91. The summed E-state index contributed by atoms with van der Waals surface area (Å²) in [5, 5.41) is 13.0. The molecule has 1 aromatic rings. The molecule has 1 amide bonds. The molecule has 4 heteroatoms. The molecule has 0 bridgehead atoms. The van der Waals surface area contributed by atoms with Crippen LogP contribution in [0.2, 0.25) is 0 Å². The minimum absolute atomic E-state index is 0.0636. The highest BCUT2D eigenvalue weighted by Gasteiger charge is 2.34. The van der Waals surface area contributed by atoms with Gasteiger partial charge in [0.25, 0.3) is 0 Å². The fraction of sp³-hybridized carbons (Fsp3) is 0.364. The van der Waals surface area contributed by atoms with Crippen LogP contribution in [0.25, 0.3) is 0 Å². The number of nitrogens with one attached hydrogen (secondary N) is 1. The lowest BCUT2D eigenvalue weighted by Gasteiger charge is -2.16. The lowest BCUT2D eigenvalue weighted by Crippen LogP contribution is -2.35. The van der Waals surface area contributed by atoms with Crippen molar-refractivity contribution in [3.63, 3.8) is 0 Å². The monoisotopic (exact) mass is 206 g/mol. The Morgan fingerprint density at radius 1 is 1.47 bits per heavy atom. The van der Waals surface area contributed by atoms with E-state index in [1.807, 2.05) is 30.3 Å². The normalized spacial score (nSPS) is 23.2. The van der Waals surface area contributed by atoms with Gasteiger partial charge in [-0.3, -0.25) is 10.1 Å². The molecule has 0 spiro atoms. The van der Waals surface area contributed by atoms with Crippen LogP contribution in [0, 0.1) is 0 Å². The first-order valence-electron chi connectivity index (χ1n) is 4.91. The molecule has 1 aliphatic heterocycles. The Morgan fingerprint density at radius 3 is 2.67 bits per heavy atom. The number of benzene rings is 1. The third-order valence-corrected chi connectivity index (χ3v) is 2.65. The highest BCUT2D eigenvalue weighted by Crippen LogP contribution is 2.20. The second kappa shape index (κ2) is 4.00. The number of likely N-dealkylation sites (N-methyl/N-ethyl adjacent to an activating group) is 1. The highest BCUT2D eigenvalue weighted by atomic mass is 16.3. The van der Waals surface area contributed by atoms with Crippen molar-refractivity contribution in [1.29, 1.82) is 0 Å². The molecule has 1 aliphatic rings. The standard InChI is InChI=1S/C11H14N2O2/c1-13-7-12-9(11(13)15)10(14)8-5-3-2-4-6-8/h2-6,9-10,12,14H,7H2,1H3/t9-,10+/m0/s1. The lowest BCUT2D eigenvalue weighted by molar-refractivity contribution is -0.129. The molecule has 15 heavy (non-hydrogen) atoms. The largest absolute Gasteiger partial charge is 0.386 e. The van der Waals surface area contributed by atoms with Crippen LogP contribution in [0.5, 0.6) is 0 Å². The molecule has 1 heterocycles. The van der Waals surface area contributed by atoms with Gasteiger partial charge in [0.1, 0.15) is 12.1 Å². The van der Waals surface area contributed by atoms with E-state index in [-0.39, 0.29) is 5.91 Å². The number of hydrogen-bond acceptors (Lipinski definition) is 3. The quantitative estimate of drug-likeness (QED) is 0.722. The number of carbonyl (C=O) groups is 1. The predicted octanol–water partition coefficient (Wildman–Crippen LogP) is 0.108. The SMILES string of the molecule is CN1CN[C@@H]([C@H](O)c2ccccc2)C1=O. The molecule has 0 aromatic heterocycles. The number of aliphatic hydroxyl groups excluding tert-OH is 1. The molecule has 1 saturated heterocycles. The first-order chi connectivity index (χ1) is 7.20. The van der Waals surface area contributed by atoms with Crippen LogP contribution in [0.1, 0.15) is 11.7 Å². The molecule has 1 aromatic carbocycles. The summed E-state index contributed by atoms with van der Waals surface area (Å²) in [6.07, 6.45) is -0.774. The summed E-state index contributed by atoms with van der Waals surface area (Å²) in [7, 11) is 1.72. The second-order valence-electron chi connectivity index (χ2n) is 3.73. The van der Waals surface area contributed by atoms with Crippen molar-refractivity contribution in [2.75, 3.05) is 13.7 Å². The number of aliphatic hydroxyl groups is 1. The van der Waals surface area contributed by atoms with Crippen molar-refractivity contribution in [2.24, 2.45) is 0 Å². The molecule has 2 N–H and O–H groups in total. The molecule has 2 atom stereocenters. The summed E-state index contributed by atoms with van der Waals surface area (Å²) in [6.45, 7) is 0.493. The third kappa shape index (κ3) is 1.86. The first kappa shape index (κ1) is 10.1. The summed E-state index contributed by atoms with van der Waals surface area (Å²) in [5.74, 6) is -0.0636. The maximum Gasteiger partial charge on any atom is 0.243 e. The average Bonchev–Trinajstić information content (AvgIpc) is 2.60.